The van der Waals surface area contributed by atoms with Crippen LogP contribution in [0.3, 0.4) is 0 Å². The van der Waals surface area contributed by atoms with Crippen LogP contribution in [0.1, 0.15) is 20.3 Å². The minimum Gasteiger partial charge on any atom is -0.263 e. The van der Waals surface area contributed by atoms with Crippen LogP contribution in [0.5, 0.6) is 0 Å². The number of rotatable bonds is 3. The predicted molar refractivity (Wildman–Crippen MR) is 40.2 cm³/mol. The lowest BCUT2D eigenvalue weighted by molar-refractivity contribution is 0.223. The SMILES string of the molecule is CC#C[C@H](CC)OS(=O)(=O)O. The van der Waals surface area contributed by atoms with Crippen LogP contribution < -0.4 is 0 Å². The highest BCUT2D eigenvalue weighted by Crippen LogP contribution is 1.99. The molecule has 0 radical (unpaired) electrons. The van der Waals surface area contributed by atoms with E-state index in [1.165, 1.54) is 0 Å². The molecule has 11 heavy (non-hydrogen) atoms. The van der Waals surface area contributed by atoms with Gasteiger partial charge in [-0.1, -0.05) is 12.8 Å². The first-order chi connectivity index (χ1) is 4.99. The summed E-state index contributed by atoms with van der Waals surface area (Å²) in [5.41, 5.74) is 0. The van der Waals surface area contributed by atoms with E-state index in [4.69, 9.17) is 4.55 Å². The highest BCUT2D eigenvalue weighted by Gasteiger charge is 2.11. The van der Waals surface area contributed by atoms with Gasteiger partial charge in [-0.25, -0.2) is 4.18 Å². The van der Waals surface area contributed by atoms with Gasteiger partial charge in [-0.05, 0) is 13.3 Å². The van der Waals surface area contributed by atoms with Gasteiger partial charge in [-0.15, -0.1) is 5.92 Å². The van der Waals surface area contributed by atoms with E-state index in [0.717, 1.165) is 0 Å². The van der Waals surface area contributed by atoms with Crippen LogP contribution in [0.2, 0.25) is 0 Å². The molecule has 0 aromatic rings. The molecule has 0 aliphatic rings. The van der Waals surface area contributed by atoms with Crippen LogP contribution in [-0.2, 0) is 14.6 Å². The van der Waals surface area contributed by atoms with Crippen molar-refractivity contribution in [3.05, 3.63) is 0 Å². The second-order valence-corrected chi connectivity index (χ2v) is 2.86. The smallest absolute Gasteiger partial charge is 0.263 e. The molecule has 0 spiro atoms. The maximum atomic E-state index is 10.1. The van der Waals surface area contributed by atoms with Gasteiger partial charge in [0.2, 0.25) is 0 Å². The topological polar surface area (TPSA) is 63.6 Å². The molecule has 1 N–H and O–H groups in total. The Hall–Kier alpha value is -0.570. The molecule has 0 aliphatic heterocycles. The summed E-state index contributed by atoms with van der Waals surface area (Å²) in [6.07, 6.45) is -0.323. The predicted octanol–water partition coefficient (Wildman–Crippen LogP) is 0.608. The van der Waals surface area contributed by atoms with Gasteiger partial charge in [-0.2, -0.15) is 8.42 Å². The molecule has 4 nitrogen and oxygen atoms in total. The van der Waals surface area contributed by atoms with E-state index in [2.05, 4.69) is 16.0 Å². The molecule has 0 aromatic heterocycles. The molecule has 5 heteroatoms. The first-order valence-corrected chi connectivity index (χ1v) is 4.44. The van der Waals surface area contributed by atoms with E-state index in [1.807, 2.05) is 0 Å². The molecule has 0 saturated carbocycles. The third-order valence-corrected chi connectivity index (χ3v) is 1.39. The molecule has 0 fully saturated rings. The van der Waals surface area contributed by atoms with Crippen molar-refractivity contribution < 1.29 is 17.2 Å². The molecular weight excluding hydrogens is 168 g/mol. The van der Waals surface area contributed by atoms with Gasteiger partial charge >= 0.3 is 10.4 Å². The van der Waals surface area contributed by atoms with Crippen LogP contribution >= 0.6 is 0 Å². The van der Waals surface area contributed by atoms with Crippen LogP contribution in [0.15, 0.2) is 0 Å². The summed E-state index contributed by atoms with van der Waals surface area (Å²) in [7, 11) is -4.36. The molecule has 0 saturated heterocycles. The lowest BCUT2D eigenvalue weighted by Gasteiger charge is -2.04. The molecule has 0 bridgehead atoms. The van der Waals surface area contributed by atoms with Crippen molar-refractivity contribution in [3.63, 3.8) is 0 Å². The summed E-state index contributed by atoms with van der Waals surface area (Å²) in [5.74, 6) is 4.97. The van der Waals surface area contributed by atoms with E-state index in [1.54, 1.807) is 13.8 Å². The normalized spacial score (nSPS) is 13.4. The van der Waals surface area contributed by atoms with Crippen molar-refractivity contribution in [1.29, 1.82) is 0 Å². The van der Waals surface area contributed by atoms with Gasteiger partial charge in [0, 0.05) is 0 Å². The van der Waals surface area contributed by atoms with Gasteiger partial charge in [0.05, 0.1) is 0 Å². The van der Waals surface area contributed by atoms with Crippen LogP contribution in [0.4, 0.5) is 0 Å². The summed E-state index contributed by atoms with van der Waals surface area (Å²) in [5, 5.41) is 0. The molecule has 0 aliphatic carbocycles. The summed E-state index contributed by atoms with van der Waals surface area (Å²) in [6.45, 7) is 3.27. The first kappa shape index (κ1) is 10.4. The maximum absolute atomic E-state index is 10.1. The third-order valence-electron chi connectivity index (χ3n) is 0.914. The second-order valence-electron chi connectivity index (χ2n) is 1.82. The van der Waals surface area contributed by atoms with Crippen molar-refractivity contribution in [2.24, 2.45) is 0 Å². The lowest BCUT2D eigenvalue weighted by Crippen LogP contribution is -2.14. The van der Waals surface area contributed by atoms with Crippen molar-refractivity contribution in [2.45, 2.75) is 26.4 Å². The Labute approximate surface area is 66.5 Å². The van der Waals surface area contributed by atoms with Gasteiger partial charge in [-0.3, -0.25) is 4.55 Å². The fourth-order valence-electron chi connectivity index (χ4n) is 0.502. The van der Waals surface area contributed by atoms with E-state index >= 15 is 0 Å². The maximum Gasteiger partial charge on any atom is 0.398 e. The lowest BCUT2D eigenvalue weighted by atomic mass is 10.3. The first-order valence-electron chi connectivity index (χ1n) is 3.07. The highest BCUT2D eigenvalue weighted by molar-refractivity contribution is 7.80. The largest absolute Gasteiger partial charge is 0.398 e. The molecule has 0 unspecified atom stereocenters. The molecule has 0 amide bonds. The Morgan fingerprint density at radius 3 is 2.45 bits per heavy atom. The van der Waals surface area contributed by atoms with Crippen molar-refractivity contribution >= 4 is 10.4 Å². The fourth-order valence-corrected chi connectivity index (χ4v) is 0.980. The minimum atomic E-state index is -4.36. The van der Waals surface area contributed by atoms with E-state index in [9.17, 15) is 8.42 Å². The van der Waals surface area contributed by atoms with E-state index in [-0.39, 0.29) is 0 Å². The monoisotopic (exact) mass is 178 g/mol. The zero-order chi connectivity index (χ0) is 8.91. The number of hydrogen-bond acceptors (Lipinski definition) is 3. The zero-order valence-corrected chi connectivity index (χ0v) is 7.18. The van der Waals surface area contributed by atoms with Crippen LogP contribution in [0, 0.1) is 11.8 Å². The highest BCUT2D eigenvalue weighted by atomic mass is 32.3. The van der Waals surface area contributed by atoms with E-state index in [0.29, 0.717) is 6.42 Å². The molecular formula is C6H10O4S. The van der Waals surface area contributed by atoms with Crippen molar-refractivity contribution in [2.75, 3.05) is 0 Å². The van der Waals surface area contributed by atoms with E-state index < -0.39 is 16.5 Å². The van der Waals surface area contributed by atoms with Crippen molar-refractivity contribution in [3.8, 4) is 11.8 Å². The zero-order valence-electron chi connectivity index (χ0n) is 6.36. The summed E-state index contributed by atoms with van der Waals surface area (Å²) < 4.78 is 32.7. The Bertz CT molecular complexity index is 256. The molecule has 0 aromatic carbocycles. The average Bonchev–Trinajstić information content (AvgIpc) is 1.84. The van der Waals surface area contributed by atoms with Crippen LogP contribution in [0.25, 0.3) is 0 Å². The Kier molecular flexibility index (Phi) is 4.11. The van der Waals surface area contributed by atoms with Gasteiger partial charge in [0.25, 0.3) is 0 Å². The molecule has 64 valence electrons. The Morgan fingerprint density at radius 1 is 1.64 bits per heavy atom. The second kappa shape index (κ2) is 4.34. The van der Waals surface area contributed by atoms with Crippen molar-refractivity contribution in [1.82, 2.24) is 0 Å². The van der Waals surface area contributed by atoms with Gasteiger partial charge in [0.1, 0.15) is 6.10 Å². The minimum absolute atomic E-state index is 0.417. The molecule has 1 atom stereocenters. The number of hydrogen-bond donors (Lipinski definition) is 1. The third kappa shape index (κ3) is 5.85. The fraction of sp³-hybridized carbons (Fsp3) is 0.667. The summed E-state index contributed by atoms with van der Waals surface area (Å²) >= 11 is 0. The Morgan fingerprint density at radius 2 is 2.18 bits per heavy atom. The Balaban J connectivity index is 4.18. The average molecular weight is 178 g/mol. The molecule has 0 rings (SSSR count). The standard InChI is InChI=1S/C6H10O4S/c1-3-5-6(4-2)10-11(7,8)9/h6H,4H2,1-2H3,(H,7,8,9)/t6-/m0/s1. The van der Waals surface area contributed by atoms with Gasteiger partial charge < -0.3 is 0 Å². The van der Waals surface area contributed by atoms with Gasteiger partial charge in [0.15, 0.2) is 0 Å². The quantitative estimate of drug-likeness (QED) is 0.508. The summed E-state index contributed by atoms with van der Waals surface area (Å²) in [6, 6.07) is 0. The molecule has 0 heterocycles. The van der Waals surface area contributed by atoms with Crippen LogP contribution in [-0.4, -0.2) is 19.1 Å². The summed E-state index contributed by atoms with van der Waals surface area (Å²) in [4.78, 5) is 0.